The van der Waals surface area contributed by atoms with Gasteiger partial charge in [-0.25, -0.2) is 0 Å². The van der Waals surface area contributed by atoms with E-state index in [1.807, 2.05) is 7.05 Å². The largest absolute Gasteiger partial charge is 0.469 e. The van der Waals surface area contributed by atoms with Crippen LogP contribution in [0.2, 0.25) is 0 Å². The molecule has 0 spiro atoms. The average Bonchev–Trinajstić information content (AvgIpc) is 2.10. The molecule has 72 valence electrons. The second-order valence-electron chi connectivity index (χ2n) is 2.77. The fraction of sp³-hybridized carbons (Fsp3) is 0.875. The molecule has 2 N–H and O–H groups in total. The lowest BCUT2D eigenvalue weighted by molar-refractivity contribution is -0.140. The summed E-state index contributed by atoms with van der Waals surface area (Å²) in [6, 6.07) is 0. The van der Waals surface area contributed by atoms with Crippen molar-refractivity contribution in [2.75, 3.05) is 33.8 Å². The van der Waals surface area contributed by atoms with E-state index in [0.717, 1.165) is 19.5 Å². The van der Waals surface area contributed by atoms with E-state index in [1.165, 1.54) is 7.11 Å². The van der Waals surface area contributed by atoms with Crippen LogP contribution in [0.1, 0.15) is 12.8 Å². The first kappa shape index (κ1) is 11.4. The van der Waals surface area contributed by atoms with E-state index < -0.39 is 0 Å². The molecule has 12 heavy (non-hydrogen) atoms. The molecular formula is C8H18N2O2. The van der Waals surface area contributed by atoms with E-state index in [0.29, 0.717) is 13.0 Å². The minimum Gasteiger partial charge on any atom is -0.469 e. The van der Waals surface area contributed by atoms with Gasteiger partial charge in [-0.15, -0.1) is 0 Å². The van der Waals surface area contributed by atoms with Crippen molar-refractivity contribution in [1.82, 2.24) is 4.90 Å². The first-order valence-electron chi connectivity index (χ1n) is 4.16. The zero-order valence-corrected chi connectivity index (χ0v) is 7.88. The van der Waals surface area contributed by atoms with Crippen molar-refractivity contribution in [3.63, 3.8) is 0 Å². The lowest BCUT2D eigenvalue weighted by atomic mass is 10.3. The fourth-order valence-corrected chi connectivity index (χ4v) is 0.857. The fourth-order valence-electron chi connectivity index (χ4n) is 0.857. The third kappa shape index (κ3) is 6.12. The molecule has 0 bridgehead atoms. The van der Waals surface area contributed by atoms with Crippen LogP contribution in [0, 0.1) is 0 Å². The van der Waals surface area contributed by atoms with Crippen LogP contribution < -0.4 is 5.73 Å². The molecular weight excluding hydrogens is 156 g/mol. The molecule has 0 atom stereocenters. The highest BCUT2D eigenvalue weighted by atomic mass is 16.5. The lowest BCUT2D eigenvalue weighted by Crippen LogP contribution is -2.24. The molecule has 0 aliphatic rings. The van der Waals surface area contributed by atoms with Gasteiger partial charge in [0, 0.05) is 6.54 Å². The highest BCUT2D eigenvalue weighted by Crippen LogP contribution is 1.90. The standard InChI is InChI=1S/C8H18N2O2/c1-10(6-3-5-9)7-4-8(11)12-2/h3-7,9H2,1-2H3. The van der Waals surface area contributed by atoms with Crippen molar-refractivity contribution in [2.24, 2.45) is 5.73 Å². The van der Waals surface area contributed by atoms with Crippen LogP contribution in [0.25, 0.3) is 0 Å². The summed E-state index contributed by atoms with van der Waals surface area (Å²) in [7, 11) is 3.38. The topological polar surface area (TPSA) is 55.6 Å². The molecule has 0 fully saturated rings. The Morgan fingerprint density at radius 3 is 2.67 bits per heavy atom. The Morgan fingerprint density at radius 2 is 2.17 bits per heavy atom. The molecule has 0 saturated heterocycles. The second-order valence-corrected chi connectivity index (χ2v) is 2.77. The van der Waals surface area contributed by atoms with E-state index in [4.69, 9.17) is 5.73 Å². The maximum absolute atomic E-state index is 10.7. The van der Waals surface area contributed by atoms with Crippen LogP contribution in [-0.2, 0) is 9.53 Å². The van der Waals surface area contributed by atoms with Crippen molar-refractivity contribution in [2.45, 2.75) is 12.8 Å². The lowest BCUT2D eigenvalue weighted by Gasteiger charge is -2.14. The number of hydrogen-bond acceptors (Lipinski definition) is 4. The minimum absolute atomic E-state index is 0.158. The SMILES string of the molecule is COC(=O)CCN(C)CCCN. The normalized spacial score (nSPS) is 10.3. The van der Waals surface area contributed by atoms with Gasteiger partial charge in [0.25, 0.3) is 0 Å². The number of rotatable bonds is 6. The van der Waals surface area contributed by atoms with Crippen LogP contribution in [0.4, 0.5) is 0 Å². The highest BCUT2D eigenvalue weighted by Gasteiger charge is 2.02. The average molecular weight is 174 g/mol. The number of nitrogens with two attached hydrogens (primary N) is 1. The first-order chi connectivity index (χ1) is 5.70. The predicted molar refractivity (Wildman–Crippen MR) is 47.8 cm³/mol. The maximum Gasteiger partial charge on any atom is 0.306 e. The van der Waals surface area contributed by atoms with E-state index >= 15 is 0 Å². The molecule has 4 heteroatoms. The van der Waals surface area contributed by atoms with Crippen LogP contribution in [0.15, 0.2) is 0 Å². The first-order valence-corrected chi connectivity index (χ1v) is 4.16. The number of hydrogen-bond donors (Lipinski definition) is 1. The van der Waals surface area contributed by atoms with E-state index in [9.17, 15) is 4.79 Å². The summed E-state index contributed by atoms with van der Waals surface area (Å²) < 4.78 is 4.51. The Bertz CT molecular complexity index is 128. The van der Waals surface area contributed by atoms with Crippen molar-refractivity contribution >= 4 is 5.97 Å². The zero-order chi connectivity index (χ0) is 9.40. The van der Waals surface area contributed by atoms with Crippen molar-refractivity contribution in [1.29, 1.82) is 0 Å². The number of ether oxygens (including phenoxy) is 1. The second kappa shape index (κ2) is 7.06. The molecule has 0 aliphatic heterocycles. The molecule has 0 aromatic carbocycles. The molecule has 0 aliphatic carbocycles. The van der Waals surface area contributed by atoms with Gasteiger partial charge in [0.15, 0.2) is 0 Å². The van der Waals surface area contributed by atoms with Gasteiger partial charge in [-0.2, -0.15) is 0 Å². The molecule has 0 radical (unpaired) electrons. The quantitative estimate of drug-likeness (QED) is 0.568. The van der Waals surface area contributed by atoms with E-state index in [1.54, 1.807) is 0 Å². The Balaban J connectivity index is 3.30. The Morgan fingerprint density at radius 1 is 1.50 bits per heavy atom. The van der Waals surface area contributed by atoms with Crippen molar-refractivity contribution in [3.05, 3.63) is 0 Å². The number of methoxy groups -OCH3 is 1. The van der Waals surface area contributed by atoms with Crippen molar-refractivity contribution in [3.8, 4) is 0 Å². The zero-order valence-electron chi connectivity index (χ0n) is 7.88. The highest BCUT2D eigenvalue weighted by molar-refractivity contribution is 5.69. The Hall–Kier alpha value is -0.610. The van der Waals surface area contributed by atoms with Gasteiger partial charge in [0.1, 0.15) is 0 Å². The summed E-state index contributed by atoms with van der Waals surface area (Å²) >= 11 is 0. The Kier molecular flexibility index (Phi) is 6.70. The summed E-state index contributed by atoms with van der Waals surface area (Å²) in [4.78, 5) is 12.8. The van der Waals surface area contributed by atoms with Gasteiger partial charge in [0.2, 0.25) is 0 Å². The van der Waals surface area contributed by atoms with Crippen LogP contribution in [0.5, 0.6) is 0 Å². The van der Waals surface area contributed by atoms with Crippen LogP contribution in [-0.4, -0.2) is 44.7 Å². The molecule has 0 amide bonds. The Labute approximate surface area is 73.7 Å². The molecule has 0 aromatic heterocycles. The van der Waals surface area contributed by atoms with Gasteiger partial charge in [0.05, 0.1) is 13.5 Å². The van der Waals surface area contributed by atoms with E-state index in [-0.39, 0.29) is 5.97 Å². The third-order valence-corrected chi connectivity index (χ3v) is 1.67. The molecule has 4 nitrogen and oxygen atoms in total. The predicted octanol–water partition coefficient (Wildman–Crippen LogP) is -0.170. The summed E-state index contributed by atoms with van der Waals surface area (Å²) in [6.45, 7) is 2.38. The molecule has 0 rings (SSSR count). The van der Waals surface area contributed by atoms with Crippen LogP contribution in [0.3, 0.4) is 0 Å². The minimum atomic E-state index is -0.158. The number of esters is 1. The van der Waals surface area contributed by atoms with Gasteiger partial charge in [-0.05, 0) is 26.6 Å². The smallest absolute Gasteiger partial charge is 0.306 e. The summed E-state index contributed by atoms with van der Waals surface area (Å²) in [5, 5.41) is 0. The summed E-state index contributed by atoms with van der Waals surface area (Å²) in [5.41, 5.74) is 5.34. The third-order valence-electron chi connectivity index (χ3n) is 1.67. The van der Waals surface area contributed by atoms with Gasteiger partial charge >= 0.3 is 5.97 Å². The molecule has 0 saturated carbocycles. The summed E-state index contributed by atoms with van der Waals surface area (Å²) in [6.07, 6.45) is 1.43. The maximum atomic E-state index is 10.7. The van der Waals surface area contributed by atoms with Gasteiger partial charge < -0.3 is 15.4 Å². The van der Waals surface area contributed by atoms with Crippen LogP contribution >= 0.6 is 0 Å². The number of nitrogens with zero attached hydrogens (tertiary/aromatic N) is 1. The number of carbonyl (C=O) groups is 1. The monoisotopic (exact) mass is 174 g/mol. The van der Waals surface area contributed by atoms with Gasteiger partial charge in [-0.3, -0.25) is 4.79 Å². The van der Waals surface area contributed by atoms with E-state index in [2.05, 4.69) is 9.64 Å². The molecule has 0 aromatic rings. The van der Waals surface area contributed by atoms with Gasteiger partial charge in [-0.1, -0.05) is 0 Å². The number of carbonyl (C=O) groups excluding carboxylic acids is 1. The van der Waals surface area contributed by atoms with Crippen molar-refractivity contribution < 1.29 is 9.53 Å². The molecule has 0 heterocycles. The molecule has 0 unspecified atom stereocenters. The summed E-state index contributed by atoms with van der Waals surface area (Å²) in [5.74, 6) is -0.158.